The number of hydrogen-bond acceptors (Lipinski definition) is 5. The van der Waals surface area contributed by atoms with E-state index in [2.05, 4.69) is 4.98 Å². The number of furan rings is 1. The van der Waals surface area contributed by atoms with Crippen LogP contribution in [0, 0.1) is 5.82 Å². The number of nitrogens with one attached hydrogen (secondary N) is 1. The van der Waals surface area contributed by atoms with Crippen molar-refractivity contribution in [2.45, 2.75) is 24.0 Å². The van der Waals surface area contributed by atoms with Gasteiger partial charge in [-0.2, -0.15) is 0 Å². The molecule has 1 amide bonds. The van der Waals surface area contributed by atoms with Crippen LogP contribution < -0.4 is 15.1 Å². The Kier molecular flexibility index (Phi) is 6.54. The summed E-state index contributed by atoms with van der Waals surface area (Å²) in [7, 11) is 0. The van der Waals surface area contributed by atoms with E-state index in [-0.39, 0.29) is 17.3 Å². The summed E-state index contributed by atoms with van der Waals surface area (Å²) in [6, 6.07) is 24.1. The summed E-state index contributed by atoms with van der Waals surface area (Å²) in [5.74, 6) is 0.762. The first-order valence-corrected chi connectivity index (χ1v) is 13.4. The molecule has 3 heterocycles. The van der Waals surface area contributed by atoms with E-state index in [9.17, 15) is 14.0 Å². The number of para-hydroxylation sites is 1. The predicted octanol–water partition coefficient (Wildman–Crippen LogP) is 5.98. The van der Waals surface area contributed by atoms with E-state index in [0.717, 1.165) is 5.56 Å². The number of hydrogen-bond donors (Lipinski definition) is 1. The molecule has 2 aromatic heterocycles. The minimum Gasteiger partial charge on any atom is -0.452 e. The fraction of sp³-hybridized carbons (Fsp3) is 0.103. The van der Waals surface area contributed by atoms with Crippen molar-refractivity contribution in [3.8, 4) is 22.6 Å². The van der Waals surface area contributed by atoms with Gasteiger partial charge < -0.3 is 4.42 Å². The average molecular weight is 560 g/mol. The molecule has 1 aliphatic heterocycles. The lowest BCUT2D eigenvalue weighted by atomic mass is 10.0. The summed E-state index contributed by atoms with van der Waals surface area (Å²) in [5.41, 5.74) is 2.67. The Bertz CT molecular complexity index is 1770. The molecule has 0 spiro atoms. The minimum atomic E-state index is -0.872. The Morgan fingerprint density at radius 1 is 1.08 bits per heavy atom. The molecule has 10 heteroatoms. The molecule has 0 aliphatic carbocycles. The van der Waals surface area contributed by atoms with Crippen molar-refractivity contribution in [2.75, 3.05) is 4.90 Å². The van der Waals surface area contributed by atoms with Gasteiger partial charge in [0.25, 0.3) is 0 Å². The van der Waals surface area contributed by atoms with Crippen molar-refractivity contribution in [3.05, 3.63) is 117 Å². The third-order valence-electron chi connectivity index (χ3n) is 6.43. The molecule has 1 aliphatic rings. The quantitative estimate of drug-likeness (QED) is 0.211. The molecule has 0 saturated heterocycles. The van der Waals surface area contributed by atoms with Crippen molar-refractivity contribution in [1.29, 1.82) is 0 Å². The number of benzene rings is 3. The third kappa shape index (κ3) is 4.64. The van der Waals surface area contributed by atoms with Crippen LogP contribution in [0.1, 0.15) is 24.4 Å². The number of aromatic amines is 1. The van der Waals surface area contributed by atoms with Crippen molar-refractivity contribution < 1.29 is 18.3 Å². The number of carbonyl (C=O) groups excluding carboxylic acids is 1. The topological polar surface area (TPSA) is 83.1 Å². The largest absolute Gasteiger partial charge is 0.452 e. The average Bonchev–Trinajstić information content (AvgIpc) is 3.42. The van der Waals surface area contributed by atoms with Crippen LogP contribution in [0.3, 0.4) is 0 Å². The van der Waals surface area contributed by atoms with E-state index in [1.54, 1.807) is 47.4 Å². The van der Waals surface area contributed by atoms with Gasteiger partial charge in [-0.3, -0.25) is 14.6 Å². The van der Waals surface area contributed by atoms with Crippen LogP contribution in [-0.2, 0) is 10.5 Å². The van der Waals surface area contributed by atoms with Crippen molar-refractivity contribution >= 4 is 35.0 Å². The lowest BCUT2D eigenvalue weighted by Crippen LogP contribution is -2.60. The maximum Gasteiger partial charge on any atom is 0.325 e. The van der Waals surface area contributed by atoms with Gasteiger partial charge in [-0.05, 0) is 64.8 Å². The highest BCUT2D eigenvalue weighted by Gasteiger charge is 2.46. The number of halogens is 2. The number of rotatable bonds is 5. The SMILES string of the molecule is CC(=O)N1c2ccccc2-c2c(=O)[nH]c(SCc3ccccc3Cl)n[n+]2C1c1ccc(-c2ccc(F)cc2)o1. The number of aromatic nitrogens is 3. The van der Waals surface area contributed by atoms with Crippen LogP contribution in [0.15, 0.2) is 99.3 Å². The number of thioether (sulfide) groups is 1. The Morgan fingerprint density at radius 3 is 2.59 bits per heavy atom. The van der Waals surface area contributed by atoms with Gasteiger partial charge in [0, 0.05) is 28.4 Å². The standard InChI is InChI=1S/C29H20ClFN4O3S/c1-17(36)34-23-9-5-3-7-21(23)26-27(37)32-29(39-16-19-6-2-4-8-22(19)30)33-35(26)28(34)25-15-14-24(38-25)18-10-12-20(31)13-11-18/h2-15,28H,16H2,1H3/p+1. The molecule has 0 radical (unpaired) electrons. The second-order valence-electron chi connectivity index (χ2n) is 8.92. The lowest BCUT2D eigenvalue weighted by Gasteiger charge is -2.30. The van der Waals surface area contributed by atoms with Crippen molar-refractivity contribution in [2.24, 2.45) is 0 Å². The van der Waals surface area contributed by atoms with Crippen molar-refractivity contribution in [3.63, 3.8) is 0 Å². The van der Waals surface area contributed by atoms with E-state index >= 15 is 0 Å². The van der Waals surface area contributed by atoms with Gasteiger partial charge >= 0.3 is 17.4 Å². The van der Waals surface area contributed by atoms with E-state index in [4.69, 9.17) is 21.1 Å². The zero-order valence-electron chi connectivity index (χ0n) is 20.6. The van der Waals surface area contributed by atoms with Crippen LogP contribution in [0.25, 0.3) is 22.6 Å². The summed E-state index contributed by atoms with van der Waals surface area (Å²) >= 11 is 7.65. The normalized spacial score (nSPS) is 14.1. The minimum absolute atomic E-state index is 0.252. The molecular weight excluding hydrogens is 539 g/mol. The van der Waals surface area contributed by atoms with E-state index < -0.39 is 6.17 Å². The van der Waals surface area contributed by atoms with E-state index in [0.29, 0.717) is 50.0 Å². The summed E-state index contributed by atoms with van der Waals surface area (Å²) < 4.78 is 21.2. The predicted molar refractivity (Wildman–Crippen MR) is 147 cm³/mol. The molecule has 6 rings (SSSR count). The van der Waals surface area contributed by atoms with Crippen LogP contribution in [0.4, 0.5) is 10.1 Å². The number of anilines is 1. The van der Waals surface area contributed by atoms with Gasteiger partial charge in [0.2, 0.25) is 11.1 Å². The maximum absolute atomic E-state index is 13.5. The molecule has 39 heavy (non-hydrogen) atoms. The maximum atomic E-state index is 13.5. The zero-order chi connectivity index (χ0) is 27.1. The molecule has 0 saturated carbocycles. The molecule has 7 nitrogen and oxygen atoms in total. The molecule has 0 bridgehead atoms. The first kappa shape index (κ1) is 25.1. The Morgan fingerprint density at radius 2 is 1.82 bits per heavy atom. The Hall–Kier alpha value is -4.21. The number of H-pyrrole nitrogens is 1. The van der Waals surface area contributed by atoms with Gasteiger partial charge in [-0.25, -0.2) is 9.29 Å². The van der Waals surface area contributed by atoms with Gasteiger partial charge in [0.05, 0.1) is 11.3 Å². The molecular formula is C29H21ClFN4O3S+. The third-order valence-corrected chi connectivity index (χ3v) is 7.71. The van der Waals surface area contributed by atoms with Crippen LogP contribution in [0.2, 0.25) is 5.02 Å². The van der Waals surface area contributed by atoms with Crippen LogP contribution in [-0.4, -0.2) is 16.0 Å². The summed E-state index contributed by atoms with van der Waals surface area (Å²) in [5, 5.41) is 5.76. The molecule has 1 atom stereocenters. The van der Waals surface area contributed by atoms with Crippen molar-refractivity contribution in [1.82, 2.24) is 10.1 Å². The van der Waals surface area contributed by atoms with Crippen LogP contribution in [0.5, 0.6) is 0 Å². The number of amides is 1. The highest BCUT2D eigenvalue weighted by atomic mass is 35.5. The summed E-state index contributed by atoms with van der Waals surface area (Å²) in [6.45, 7) is 1.46. The second kappa shape index (κ2) is 10.2. The first-order valence-electron chi connectivity index (χ1n) is 12.1. The first-order chi connectivity index (χ1) is 18.9. The second-order valence-corrected chi connectivity index (χ2v) is 10.3. The van der Waals surface area contributed by atoms with Gasteiger partial charge in [0.1, 0.15) is 11.6 Å². The molecule has 1 unspecified atom stereocenters. The summed E-state index contributed by atoms with van der Waals surface area (Å²) in [6.07, 6.45) is -0.872. The molecule has 1 N–H and O–H groups in total. The van der Waals surface area contributed by atoms with Gasteiger partial charge in [0.15, 0.2) is 5.76 Å². The zero-order valence-corrected chi connectivity index (χ0v) is 22.2. The monoisotopic (exact) mass is 559 g/mol. The molecule has 0 fully saturated rings. The Labute approximate surface area is 231 Å². The summed E-state index contributed by atoms with van der Waals surface area (Å²) in [4.78, 5) is 31.0. The fourth-order valence-electron chi connectivity index (χ4n) is 4.66. The molecule has 194 valence electrons. The lowest BCUT2D eigenvalue weighted by molar-refractivity contribution is -0.764. The van der Waals surface area contributed by atoms with Gasteiger partial charge in [-0.15, -0.1) is 0 Å². The highest BCUT2D eigenvalue weighted by Crippen LogP contribution is 2.38. The Balaban J connectivity index is 1.49. The number of nitrogens with zero attached hydrogens (tertiary/aromatic N) is 3. The van der Waals surface area contributed by atoms with E-state index in [1.807, 2.05) is 30.3 Å². The highest BCUT2D eigenvalue weighted by molar-refractivity contribution is 7.98. The smallest absolute Gasteiger partial charge is 0.325 e. The van der Waals surface area contributed by atoms with Crippen LogP contribution >= 0.6 is 23.4 Å². The fourth-order valence-corrected chi connectivity index (χ4v) is 5.79. The van der Waals surface area contributed by atoms with E-state index in [1.165, 1.54) is 35.5 Å². The molecule has 5 aromatic rings. The molecule has 3 aromatic carbocycles. The van der Waals surface area contributed by atoms with Gasteiger partial charge in [-0.1, -0.05) is 53.7 Å². The number of fused-ring (bicyclic) bond motifs is 3. The number of carbonyl (C=O) groups is 1.